The zero-order chi connectivity index (χ0) is 8.04. The van der Waals surface area contributed by atoms with Crippen molar-refractivity contribution in [3.63, 3.8) is 0 Å². The predicted molar refractivity (Wildman–Crippen MR) is 46.3 cm³/mol. The van der Waals surface area contributed by atoms with Gasteiger partial charge in [0, 0.05) is 0 Å². The van der Waals surface area contributed by atoms with Crippen LogP contribution < -0.4 is 0 Å². The normalized spacial score (nSPS) is 10.3. The molecule has 0 bridgehead atoms. The van der Waals surface area contributed by atoms with E-state index < -0.39 is 5.41 Å². The lowest BCUT2D eigenvalue weighted by Gasteiger charge is -2.18. The van der Waals surface area contributed by atoms with Crippen LogP contribution in [0.2, 0.25) is 0 Å². The average Bonchev–Trinajstić information content (AvgIpc) is 2.01. The average molecular weight is 152 g/mol. The van der Waals surface area contributed by atoms with Gasteiger partial charge in [-0.05, 0) is 6.42 Å². The minimum atomic E-state index is -0.457. The van der Waals surface area contributed by atoms with Gasteiger partial charge in [-0.25, -0.2) is 0 Å². The Bertz CT molecular complexity index is 159. The Labute approximate surface area is 65.7 Å². The second-order valence-electron chi connectivity index (χ2n) is 2.16. The van der Waals surface area contributed by atoms with Crippen LogP contribution in [0, 0.1) is 30.1 Å². The highest BCUT2D eigenvalue weighted by Gasteiger charge is 2.21. The summed E-state index contributed by atoms with van der Waals surface area (Å²) in [6.07, 6.45) is 11.3. The van der Waals surface area contributed by atoms with E-state index in [0.29, 0.717) is 17.1 Å². The van der Waals surface area contributed by atoms with Crippen molar-refractivity contribution in [3.05, 3.63) is 0 Å². The molecular weight excluding hydrogens is 140 g/mol. The highest BCUT2D eigenvalue weighted by molar-refractivity contribution is 5.98. The maximum atomic E-state index is 5.26. The molecule has 0 heterocycles. The van der Waals surface area contributed by atoms with Crippen molar-refractivity contribution in [3.8, 4) is 24.7 Å². The fourth-order valence-electron chi connectivity index (χ4n) is 0.678. The molecule has 0 radical (unpaired) electrons. The largest absolute Gasteiger partial charge is 0.425 e. The van der Waals surface area contributed by atoms with Gasteiger partial charge in [-0.15, -0.1) is 12.8 Å². The number of rotatable bonds is 3. The summed E-state index contributed by atoms with van der Waals surface area (Å²) < 4.78 is 5.03. The lowest BCUT2D eigenvalue weighted by atomic mass is 9.88. The van der Waals surface area contributed by atoms with E-state index >= 15 is 0 Å². The molecule has 0 unspecified atom stereocenters. The first-order chi connectivity index (χ1) is 4.74. The summed E-state index contributed by atoms with van der Waals surface area (Å²) in [5.74, 6) is 5.15. The van der Waals surface area contributed by atoms with Crippen molar-refractivity contribution >= 4 is 10.5 Å². The van der Waals surface area contributed by atoms with Gasteiger partial charge in [-0.3, -0.25) is 0 Å². The molecule has 0 aliphatic rings. The molecule has 0 N–H and O–H groups in total. The Balaban J connectivity index is 4.24. The molecule has 0 aliphatic heterocycles. The van der Waals surface area contributed by atoms with E-state index in [1.54, 1.807) is 0 Å². The number of hydrogen-bond donors (Lipinski definition) is 0. The summed E-state index contributed by atoms with van der Waals surface area (Å²) in [6.45, 7) is 2.48. The van der Waals surface area contributed by atoms with Crippen molar-refractivity contribution in [1.82, 2.24) is 0 Å². The van der Waals surface area contributed by atoms with Gasteiger partial charge in [0.25, 0.3) is 0 Å². The molecule has 0 spiro atoms. The third-order valence-electron chi connectivity index (χ3n) is 1.55. The molecule has 2 heteroatoms. The summed E-state index contributed by atoms with van der Waals surface area (Å²) >= 11 is 0. The second kappa shape index (κ2) is 4.17. The van der Waals surface area contributed by atoms with Crippen LogP contribution in [0.1, 0.15) is 13.3 Å². The molecule has 10 heavy (non-hydrogen) atoms. The molecule has 0 atom stereocenters. The van der Waals surface area contributed by atoms with Crippen LogP contribution >= 0.6 is 0 Å². The Morgan fingerprint density at radius 2 is 2.00 bits per heavy atom. The molecule has 0 saturated carbocycles. The van der Waals surface area contributed by atoms with Crippen LogP contribution in [0.25, 0.3) is 0 Å². The SMILES string of the molecule is C#CC(C#C)(CC)CO[SiH3]. The van der Waals surface area contributed by atoms with E-state index in [4.69, 9.17) is 17.3 Å². The predicted octanol–water partition coefficient (Wildman–Crippen LogP) is -0.0538. The van der Waals surface area contributed by atoms with E-state index in [-0.39, 0.29) is 0 Å². The topological polar surface area (TPSA) is 9.23 Å². The third-order valence-corrected chi connectivity index (χ3v) is 1.84. The van der Waals surface area contributed by atoms with E-state index in [1.807, 2.05) is 6.92 Å². The molecule has 0 aromatic heterocycles. The second-order valence-corrected chi connectivity index (χ2v) is 2.73. The van der Waals surface area contributed by atoms with Crippen LogP contribution in [-0.2, 0) is 4.43 Å². The fourth-order valence-corrected chi connectivity index (χ4v) is 1.17. The van der Waals surface area contributed by atoms with Gasteiger partial charge in [0.2, 0.25) is 0 Å². The van der Waals surface area contributed by atoms with E-state index in [9.17, 15) is 0 Å². The third kappa shape index (κ3) is 1.91. The quantitative estimate of drug-likeness (QED) is 0.407. The van der Waals surface area contributed by atoms with Gasteiger partial charge in [0.1, 0.15) is 15.9 Å². The summed E-state index contributed by atoms with van der Waals surface area (Å²) in [7, 11) is 0.692. The van der Waals surface area contributed by atoms with Crippen molar-refractivity contribution in [2.75, 3.05) is 6.61 Å². The van der Waals surface area contributed by atoms with E-state index in [2.05, 4.69) is 11.8 Å². The Morgan fingerprint density at radius 1 is 1.50 bits per heavy atom. The zero-order valence-electron chi connectivity index (χ0n) is 6.48. The molecule has 0 aromatic rings. The molecule has 0 aliphatic carbocycles. The fraction of sp³-hybridized carbons (Fsp3) is 0.500. The van der Waals surface area contributed by atoms with Crippen molar-refractivity contribution in [1.29, 1.82) is 0 Å². The lowest BCUT2D eigenvalue weighted by molar-refractivity contribution is 0.258. The number of terminal acetylenes is 2. The van der Waals surface area contributed by atoms with E-state index in [0.717, 1.165) is 6.42 Å². The van der Waals surface area contributed by atoms with Gasteiger partial charge in [-0.1, -0.05) is 18.8 Å². The first kappa shape index (κ1) is 9.30. The molecule has 0 rings (SSSR count). The highest BCUT2D eigenvalue weighted by atomic mass is 28.2. The van der Waals surface area contributed by atoms with Gasteiger partial charge in [0.05, 0.1) is 6.61 Å². The van der Waals surface area contributed by atoms with E-state index in [1.165, 1.54) is 0 Å². The minimum absolute atomic E-state index is 0.457. The standard InChI is InChI=1S/C8H12OSi/c1-4-8(5-2,6-3)7-9-10/h1-2H,6-7H2,3,10H3. The van der Waals surface area contributed by atoms with Crippen LogP contribution in [0.5, 0.6) is 0 Å². The maximum absolute atomic E-state index is 5.26. The van der Waals surface area contributed by atoms with Gasteiger partial charge >= 0.3 is 0 Å². The van der Waals surface area contributed by atoms with Crippen LogP contribution in [0.15, 0.2) is 0 Å². The molecule has 1 nitrogen and oxygen atoms in total. The first-order valence-corrected chi connectivity index (χ1v) is 4.00. The highest BCUT2D eigenvalue weighted by Crippen LogP contribution is 2.18. The van der Waals surface area contributed by atoms with Gasteiger partial charge in [0.15, 0.2) is 0 Å². The summed E-state index contributed by atoms with van der Waals surface area (Å²) in [5.41, 5.74) is -0.457. The van der Waals surface area contributed by atoms with Crippen molar-refractivity contribution in [2.45, 2.75) is 13.3 Å². The Kier molecular flexibility index (Phi) is 3.87. The molecule has 0 fully saturated rings. The minimum Gasteiger partial charge on any atom is -0.425 e. The lowest BCUT2D eigenvalue weighted by Crippen LogP contribution is -2.21. The monoisotopic (exact) mass is 152 g/mol. The zero-order valence-corrected chi connectivity index (χ0v) is 8.48. The molecule has 0 aromatic carbocycles. The summed E-state index contributed by atoms with van der Waals surface area (Å²) in [4.78, 5) is 0. The van der Waals surface area contributed by atoms with Gasteiger partial charge in [-0.2, -0.15) is 0 Å². The van der Waals surface area contributed by atoms with Crippen LogP contribution in [0.3, 0.4) is 0 Å². The maximum Gasteiger partial charge on any atom is 0.146 e. The molecule has 0 saturated heterocycles. The molecule has 54 valence electrons. The Morgan fingerprint density at radius 3 is 2.10 bits per heavy atom. The van der Waals surface area contributed by atoms with Crippen molar-refractivity contribution in [2.24, 2.45) is 5.41 Å². The van der Waals surface area contributed by atoms with Gasteiger partial charge < -0.3 is 4.43 Å². The van der Waals surface area contributed by atoms with Crippen LogP contribution in [0.4, 0.5) is 0 Å². The Hall–Kier alpha value is -0.703. The first-order valence-electron chi connectivity index (χ1n) is 3.19. The van der Waals surface area contributed by atoms with Crippen molar-refractivity contribution < 1.29 is 4.43 Å². The number of hydrogen-bond acceptors (Lipinski definition) is 1. The summed E-state index contributed by atoms with van der Waals surface area (Å²) in [6, 6.07) is 0. The molecule has 0 amide bonds. The summed E-state index contributed by atoms with van der Waals surface area (Å²) in [5, 5.41) is 0. The molecular formula is C8H12OSi. The smallest absolute Gasteiger partial charge is 0.146 e. The van der Waals surface area contributed by atoms with Crippen LogP contribution in [-0.4, -0.2) is 17.1 Å².